The van der Waals surface area contributed by atoms with Gasteiger partial charge in [0.1, 0.15) is 0 Å². The second-order valence-corrected chi connectivity index (χ2v) is 6.73. The number of non-ortho nitro benzene ring substituents is 1. The molecule has 22 heavy (non-hydrogen) atoms. The van der Waals surface area contributed by atoms with E-state index in [0.717, 1.165) is 11.6 Å². The number of aromatic nitrogens is 1. The van der Waals surface area contributed by atoms with Crippen molar-refractivity contribution >= 4 is 15.7 Å². The summed E-state index contributed by atoms with van der Waals surface area (Å²) in [5.41, 5.74) is 0.722. The van der Waals surface area contributed by atoms with Crippen molar-refractivity contribution in [2.75, 3.05) is 13.6 Å². The summed E-state index contributed by atoms with van der Waals surface area (Å²) < 4.78 is 26.0. The molecule has 0 bridgehead atoms. The first-order chi connectivity index (χ1) is 10.4. The van der Waals surface area contributed by atoms with Crippen LogP contribution < -0.4 is 0 Å². The van der Waals surface area contributed by atoms with E-state index in [0.29, 0.717) is 6.42 Å². The van der Waals surface area contributed by atoms with Gasteiger partial charge in [-0.2, -0.15) is 0 Å². The van der Waals surface area contributed by atoms with Gasteiger partial charge in [-0.05, 0) is 30.2 Å². The summed E-state index contributed by atoms with van der Waals surface area (Å²) in [5.74, 6) is 0. The maximum absolute atomic E-state index is 12.4. The van der Waals surface area contributed by atoms with Crippen LogP contribution in [0.1, 0.15) is 5.56 Å². The molecule has 0 aliphatic heterocycles. The zero-order valence-corrected chi connectivity index (χ0v) is 12.7. The molecule has 0 saturated heterocycles. The molecule has 2 aromatic rings. The SMILES string of the molecule is CN(CCc1ccncc1)S(=O)(=O)c1cccc([N+](=O)[O-])c1. The molecule has 1 aromatic carbocycles. The number of nitrogens with zero attached hydrogens (tertiary/aromatic N) is 3. The second kappa shape index (κ2) is 6.63. The number of sulfonamides is 1. The first kappa shape index (κ1) is 16.1. The fourth-order valence-electron chi connectivity index (χ4n) is 1.89. The van der Waals surface area contributed by atoms with Crippen molar-refractivity contribution in [2.45, 2.75) is 11.3 Å². The predicted molar refractivity (Wildman–Crippen MR) is 80.9 cm³/mol. The van der Waals surface area contributed by atoms with E-state index < -0.39 is 14.9 Å². The molecule has 0 amide bonds. The molecule has 0 radical (unpaired) electrons. The Bertz CT molecular complexity index is 763. The van der Waals surface area contributed by atoms with Gasteiger partial charge in [-0.25, -0.2) is 12.7 Å². The van der Waals surface area contributed by atoms with Crippen molar-refractivity contribution in [3.05, 3.63) is 64.5 Å². The standard InChI is InChI=1S/C14H15N3O4S/c1-16(10-7-12-5-8-15-9-6-12)22(20,21)14-4-2-3-13(11-14)17(18)19/h2-6,8-9,11H,7,10H2,1H3. The summed E-state index contributed by atoms with van der Waals surface area (Å²) in [4.78, 5) is 14.0. The Morgan fingerprint density at radius 1 is 1.23 bits per heavy atom. The normalized spacial score (nSPS) is 11.5. The van der Waals surface area contributed by atoms with E-state index in [1.807, 2.05) is 12.1 Å². The molecule has 0 aliphatic rings. The van der Waals surface area contributed by atoms with Crippen LogP contribution in [-0.2, 0) is 16.4 Å². The van der Waals surface area contributed by atoms with Crippen LogP contribution in [0.5, 0.6) is 0 Å². The van der Waals surface area contributed by atoms with Crippen LogP contribution in [0.2, 0.25) is 0 Å². The average molecular weight is 321 g/mol. The minimum atomic E-state index is -3.75. The molecule has 116 valence electrons. The van der Waals surface area contributed by atoms with Crippen molar-refractivity contribution in [3.63, 3.8) is 0 Å². The Kier molecular flexibility index (Phi) is 4.84. The van der Waals surface area contributed by atoms with E-state index in [9.17, 15) is 18.5 Å². The quantitative estimate of drug-likeness (QED) is 0.598. The highest BCUT2D eigenvalue weighted by Crippen LogP contribution is 2.20. The van der Waals surface area contributed by atoms with E-state index in [1.165, 1.54) is 29.6 Å². The molecule has 1 aromatic heterocycles. The van der Waals surface area contributed by atoms with Crippen LogP contribution in [0, 0.1) is 10.1 Å². The van der Waals surface area contributed by atoms with E-state index in [-0.39, 0.29) is 17.1 Å². The van der Waals surface area contributed by atoms with Gasteiger partial charge < -0.3 is 0 Å². The molecule has 7 nitrogen and oxygen atoms in total. The maximum atomic E-state index is 12.4. The highest BCUT2D eigenvalue weighted by atomic mass is 32.2. The fourth-order valence-corrected chi connectivity index (χ4v) is 3.11. The van der Waals surface area contributed by atoms with Crippen LogP contribution in [0.3, 0.4) is 0 Å². The molecular formula is C14H15N3O4S. The first-order valence-electron chi connectivity index (χ1n) is 6.51. The number of likely N-dealkylation sites (N-methyl/N-ethyl adjacent to an activating group) is 1. The van der Waals surface area contributed by atoms with Crippen LogP contribution in [-0.4, -0.2) is 36.2 Å². The Morgan fingerprint density at radius 3 is 2.55 bits per heavy atom. The predicted octanol–water partition coefficient (Wildman–Crippen LogP) is 1.85. The van der Waals surface area contributed by atoms with Gasteiger partial charge in [-0.1, -0.05) is 6.07 Å². The van der Waals surface area contributed by atoms with E-state index in [1.54, 1.807) is 12.4 Å². The summed E-state index contributed by atoms with van der Waals surface area (Å²) in [5, 5.41) is 10.8. The summed E-state index contributed by atoms with van der Waals surface area (Å²) in [6.07, 6.45) is 3.82. The zero-order valence-electron chi connectivity index (χ0n) is 11.9. The van der Waals surface area contributed by atoms with E-state index >= 15 is 0 Å². The van der Waals surface area contributed by atoms with Gasteiger partial charge in [0.05, 0.1) is 9.82 Å². The number of hydrogen-bond donors (Lipinski definition) is 0. The summed E-state index contributed by atoms with van der Waals surface area (Å²) in [7, 11) is -2.30. The fraction of sp³-hybridized carbons (Fsp3) is 0.214. The topological polar surface area (TPSA) is 93.4 Å². The lowest BCUT2D eigenvalue weighted by Gasteiger charge is -2.17. The van der Waals surface area contributed by atoms with Gasteiger partial charge in [0.2, 0.25) is 10.0 Å². The molecule has 0 N–H and O–H groups in total. The maximum Gasteiger partial charge on any atom is 0.270 e. The van der Waals surface area contributed by atoms with Crippen molar-refractivity contribution in [1.29, 1.82) is 0 Å². The van der Waals surface area contributed by atoms with Gasteiger partial charge in [-0.3, -0.25) is 15.1 Å². The van der Waals surface area contributed by atoms with Crippen LogP contribution >= 0.6 is 0 Å². The second-order valence-electron chi connectivity index (χ2n) is 4.69. The Hall–Kier alpha value is -2.32. The Balaban J connectivity index is 2.15. The molecule has 0 aliphatic carbocycles. The summed E-state index contributed by atoms with van der Waals surface area (Å²) in [6.45, 7) is 0.273. The molecule has 0 saturated carbocycles. The van der Waals surface area contributed by atoms with Crippen molar-refractivity contribution < 1.29 is 13.3 Å². The van der Waals surface area contributed by atoms with Crippen LogP contribution in [0.4, 0.5) is 5.69 Å². The number of pyridine rings is 1. The lowest BCUT2D eigenvalue weighted by atomic mass is 10.2. The van der Waals surface area contributed by atoms with Crippen molar-refractivity contribution in [2.24, 2.45) is 0 Å². The van der Waals surface area contributed by atoms with Gasteiger partial charge >= 0.3 is 0 Å². The molecule has 0 spiro atoms. The average Bonchev–Trinajstić information content (AvgIpc) is 2.53. The van der Waals surface area contributed by atoms with Gasteiger partial charge in [0.25, 0.3) is 5.69 Å². The molecule has 0 fully saturated rings. The van der Waals surface area contributed by atoms with E-state index in [2.05, 4.69) is 4.98 Å². The van der Waals surface area contributed by atoms with Crippen LogP contribution in [0.15, 0.2) is 53.7 Å². The highest BCUT2D eigenvalue weighted by Gasteiger charge is 2.22. The number of hydrogen-bond acceptors (Lipinski definition) is 5. The number of benzene rings is 1. The molecule has 2 rings (SSSR count). The molecule has 8 heteroatoms. The van der Waals surface area contributed by atoms with Crippen LogP contribution in [0.25, 0.3) is 0 Å². The lowest BCUT2D eigenvalue weighted by Crippen LogP contribution is -2.29. The minimum Gasteiger partial charge on any atom is -0.265 e. The summed E-state index contributed by atoms with van der Waals surface area (Å²) >= 11 is 0. The van der Waals surface area contributed by atoms with Gasteiger partial charge in [0, 0.05) is 38.1 Å². The highest BCUT2D eigenvalue weighted by molar-refractivity contribution is 7.89. The third-order valence-electron chi connectivity index (χ3n) is 3.20. The monoisotopic (exact) mass is 321 g/mol. The third-order valence-corrected chi connectivity index (χ3v) is 5.05. The van der Waals surface area contributed by atoms with Crippen molar-refractivity contribution in [1.82, 2.24) is 9.29 Å². The van der Waals surface area contributed by atoms with Gasteiger partial charge in [0.15, 0.2) is 0 Å². The van der Waals surface area contributed by atoms with Gasteiger partial charge in [-0.15, -0.1) is 0 Å². The number of rotatable bonds is 6. The Morgan fingerprint density at radius 2 is 1.91 bits per heavy atom. The third kappa shape index (κ3) is 3.66. The smallest absolute Gasteiger partial charge is 0.265 e. The first-order valence-corrected chi connectivity index (χ1v) is 7.95. The van der Waals surface area contributed by atoms with E-state index in [4.69, 9.17) is 0 Å². The summed E-state index contributed by atoms with van der Waals surface area (Å²) in [6, 6.07) is 8.67. The lowest BCUT2D eigenvalue weighted by molar-refractivity contribution is -0.385. The Labute approximate surface area is 128 Å². The molecular weight excluding hydrogens is 306 g/mol. The zero-order chi connectivity index (χ0) is 16.2. The number of nitro benzene ring substituents is 1. The van der Waals surface area contributed by atoms with Crippen molar-refractivity contribution in [3.8, 4) is 0 Å². The minimum absolute atomic E-state index is 0.0843. The number of nitro groups is 1. The largest absolute Gasteiger partial charge is 0.270 e. The molecule has 0 atom stereocenters. The molecule has 1 heterocycles. The molecule has 0 unspecified atom stereocenters.